The van der Waals surface area contributed by atoms with Crippen LogP contribution in [0.4, 0.5) is 14.6 Å². The largest absolute Gasteiger partial charge is 0.344 e. The van der Waals surface area contributed by atoms with Crippen molar-refractivity contribution in [1.82, 2.24) is 9.88 Å². The van der Waals surface area contributed by atoms with Gasteiger partial charge in [0, 0.05) is 31.8 Å². The average molecular weight is 366 g/mol. The van der Waals surface area contributed by atoms with Crippen LogP contribution in [0.25, 0.3) is 0 Å². The van der Waals surface area contributed by atoms with Gasteiger partial charge in [0.05, 0.1) is 5.02 Å². The number of amides is 2. The Morgan fingerprint density at radius 3 is 2.64 bits per heavy atom. The monoisotopic (exact) mass is 365 g/mol. The van der Waals surface area contributed by atoms with E-state index >= 15 is 0 Å². The average Bonchev–Trinajstić information content (AvgIpc) is 2.84. The zero-order chi connectivity index (χ0) is 18.1. The number of carbonyl (C=O) groups excluding carboxylic acids is 2. The van der Waals surface area contributed by atoms with E-state index in [9.17, 15) is 18.4 Å². The summed E-state index contributed by atoms with van der Waals surface area (Å²) < 4.78 is 27.1. The van der Waals surface area contributed by atoms with Crippen LogP contribution in [0, 0.1) is 17.6 Å². The predicted octanol–water partition coefficient (Wildman–Crippen LogP) is 2.82. The predicted molar refractivity (Wildman–Crippen MR) is 88.1 cm³/mol. The topological polar surface area (TPSA) is 62.3 Å². The molecule has 0 aliphatic carbocycles. The highest BCUT2D eigenvalue weighted by atomic mass is 35.5. The first-order valence-electron chi connectivity index (χ1n) is 7.49. The second kappa shape index (κ2) is 6.76. The minimum absolute atomic E-state index is 0.126. The zero-order valence-electron chi connectivity index (χ0n) is 13.2. The maximum Gasteiger partial charge on any atom is 0.238 e. The lowest BCUT2D eigenvalue weighted by molar-refractivity contribution is -0.135. The summed E-state index contributed by atoms with van der Waals surface area (Å²) in [6.07, 6.45) is 1.45. The minimum Gasteiger partial charge on any atom is -0.344 e. The fourth-order valence-corrected chi connectivity index (χ4v) is 3.12. The number of hydrogen-bond donors (Lipinski definition) is 1. The molecule has 5 nitrogen and oxygen atoms in total. The van der Waals surface area contributed by atoms with Crippen LogP contribution in [0.5, 0.6) is 0 Å². The number of nitrogens with one attached hydrogen (secondary N) is 1. The van der Waals surface area contributed by atoms with E-state index < -0.39 is 35.3 Å². The number of aromatic nitrogens is 1. The second-order valence-corrected chi connectivity index (χ2v) is 6.24. The van der Waals surface area contributed by atoms with Crippen molar-refractivity contribution >= 4 is 29.2 Å². The summed E-state index contributed by atoms with van der Waals surface area (Å²) in [6, 6.07) is 6.16. The van der Waals surface area contributed by atoms with Crippen LogP contribution in [0.1, 0.15) is 11.5 Å². The van der Waals surface area contributed by atoms with Crippen molar-refractivity contribution in [3.8, 4) is 0 Å². The van der Waals surface area contributed by atoms with Crippen LogP contribution in [-0.2, 0) is 9.59 Å². The van der Waals surface area contributed by atoms with Gasteiger partial charge in [-0.15, -0.1) is 0 Å². The van der Waals surface area contributed by atoms with Crippen molar-refractivity contribution in [3.63, 3.8) is 0 Å². The molecule has 3 rings (SSSR count). The molecule has 2 atom stereocenters. The first-order chi connectivity index (χ1) is 11.9. The molecule has 0 spiro atoms. The molecule has 1 aromatic heterocycles. The lowest BCUT2D eigenvalue weighted by Gasteiger charge is -2.17. The maximum atomic E-state index is 13.5. The van der Waals surface area contributed by atoms with E-state index in [2.05, 4.69) is 10.3 Å². The van der Waals surface area contributed by atoms with Gasteiger partial charge in [-0.25, -0.2) is 13.8 Å². The molecule has 1 aliphatic rings. The molecule has 1 fully saturated rings. The van der Waals surface area contributed by atoms with E-state index in [1.165, 1.54) is 18.1 Å². The first-order valence-corrected chi connectivity index (χ1v) is 7.87. The summed E-state index contributed by atoms with van der Waals surface area (Å²) >= 11 is 5.96. The Labute approximate surface area is 147 Å². The number of pyridine rings is 1. The maximum absolute atomic E-state index is 13.5. The molecule has 1 saturated heterocycles. The molecule has 1 N–H and O–H groups in total. The molecule has 0 radical (unpaired) electrons. The van der Waals surface area contributed by atoms with E-state index in [1.54, 1.807) is 12.1 Å². The fraction of sp³-hybridized carbons (Fsp3) is 0.235. The van der Waals surface area contributed by atoms with Crippen molar-refractivity contribution in [2.24, 2.45) is 5.92 Å². The van der Waals surface area contributed by atoms with Crippen LogP contribution < -0.4 is 5.32 Å². The number of carbonyl (C=O) groups is 2. The quantitative estimate of drug-likeness (QED) is 0.851. The van der Waals surface area contributed by atoms with Gasteiger partial charge in [0.1, 0.15) is 17.6 Å². The van der Waals surface area contributed by atoms with Gasteiger partial charge in [-0.1, -0.05) is 11.6 Å². The molecular weight excluding hydrogens is 352 g/mol. The lowest BCUT2D eigenvalue weighted by atomic mass is 9.87. The number of likely N-dealkylation sites (tertiary alicyclic amines) is 1. The molecule has 1 aliphatic heterocycles. The lowest BCUT2D eigenvalue weighted by Crippen LogP contribution is -2.33. The number of likely N-dealkylation sites (N-methyl/N-ethyl adjacent to an activating group) is 1. The van der Waals surface area contributed by atoms with Gasteiger partial charge in [0.25, 0.3) is 0 Å². The van der Waals surface area contributed by atoms with Crippen LogP contribution in [0.3, 0.4) is 0 Å². The minimum atomic E-state index is -1.12. The third-order valence-electron chi connectivity index (χ3n) is 4.11. The Morgan fingerprint density at radius 2 is 2.00 bits per heavy atom. The Kier molecular flexibility index (Phi) is 4.67. The van der Waals surface area contributed by atoms with Gasteiger partial charge in [-0.05, 0) is 29.8 Å². The fourth-order valence-electron chi connectivity index (χ4n) is 2.95. The first kappa shape index (κ1) is 17.3. The van der Waals surface area contributed by atoms with E-state index in [4.69, 9.17) is 11.6 Å². The normalized spacial score (nSPS) is 20.0. The molecule has 2 aromatic rings. The number of hydrogen-bond acceptors (Lipinski definition) is 3. The number of anilines is 1. The van der Waals surface area contributed by atoms with Crippen LogP contribution >= 0.6 is 11.6 Å². The molecule has 2 heterocycles. The van der Waals surface area contributed by atoms with Gasteiger partial charge in [-0.2, -0.15) is 0 Å². The molecule has 8 heteroatoms. The molecule has 0 saturated carbocycles. The number of nitrogens with zero attached hydrogens (tertiary/aromatic N) is 2. The highest BCUT2D eigenvalue weighted by molar-refractivity contribution is 6.33. The summed E-state index contributed by atoms with van der Waals surface area (Å²) in [6.45, 7) is 0.176. The Balaban J connectivity index is 1.92. The molecular formula is C17H14ClF2N3O2. The third kappa shape index (κ3) is 3.46. The van der Waals surface area contributed by atoms with E-state index in [1.807, 2.05) is 0 Å². The van der Waals surface area contributed by atoms with Crippen molar-refractivity contribution in [2.45, 2.75) is 5.92 Å². The zero-order valence-corrected chi connectivity index (χ0v) is 13.9. The van der Waals surface area contributed by atoms with Gasteiger partial charge in [-0.3, -0.25) is 9.59 Å². The Bertz CT molecular complexity index is 826. The standard InChI is InChI=1S/C17H14ClF2N3O2/c1-23-8-12(9-5-10(19)7-11(20)6-9)14(17(23)25)16(24)22-15-13(18)3-2-4-21-15/h2-7,12,14H,8H2,1H3,(H,21,22,24)/t12-,14+/m1/s1. The van der Waals surface area contributed by atoms with Crippen LogP contribution in [0.15, 0.2) is 36.5 Å². The van der Waals surface area contributed by atoms with Crippen LogP contribution in [-0.4, -0.2) is 35.3 Å². The van der Waals surface area contributed by atoms with Crippen molar-refractivity contribution in [1.29, 1.82) is 0 Å². The smallest absolute Gasteiger partial charge is 0.238 e. The Hall–Kier alpha value is -2.54. The summed E-state index contributed by atoms with van der Waals surface area (Å²) in [7, 11) is 1.53. The summed E-state index contributed by atoms with van der Waals surface area (Å²) in [5, 5.41) is 2.74. The summed E-state index contributed by atoms with van der Waals surface area (Å²) in [5.41, 5.74) is 0.252. The third-order valence-corrected chi connectivity index (χ3v) is 4.42. The molecule has 25 heavy (non-hydrogen) atoms. The second-order valence-electron chi connectivity index (χ2n) is 5.83. The highest BCUT2D eigenvalue weighted by Crippen LogP contribution is 2.35. The molecule has 0 bridgehead atoms. The van der Waals surface area contributed by atoms with Gasteiger partial charge >= 0.3 is 0 Å². The van der Waals surface area contributed by atoms with Gasteiger partial charge in [0.15, 0.2) is 5.82 Å². The van der Waals surface area contributed by atoms with Crippen molar-refractivity contribution < 1.29 is 18.4 Å². The highest BCUT2D eigenvalue weighted by Gasteiger charge is 2.44. The summed E-state index contributed by atoms with van der Waals surface area (Å²) in [5.74, 6) is -4.24. The molecule has 0 unspecified atom stereocenters. The van der Waals surface area contributed by atoms with E-state index in [-0.39, 0.29) is 22.9 Å². The Morgan fingerprint density at radius 1 is 1.32 bits per heavy atom. The van der Waals surface area contributed by atoms with Gasteiger partial charge < -0.3 is 10.2 Å². The van der Waals surface area contributed by atoms with Crippen LogP contribution in [0.2, 0.25) is 5.02 Å². The van der Waals surface area contributed by atoms with Crippen molar-refractivity contribution in [2.75, 3.05) is 18.9 Å². The molecule has 1 aromatic carbocycles. The number of halogens is 3. The SMILES string of the molecule is CN1C[C@H](c2cc(F)cc(F)c2)[C@@H](C(=O)Nc2ncccc2Cl)C1=O. The number of rotatable bonds is 3. The van der Waals surface area contributed by atoms with E-state index in [0.29, 0.717) is 0 Å². The summed E-state index contributed by atoms with van der Waals surface area (Å²) in [4.78, 5) is 30.3. The van der Waals surface area contributed by atoms with Gasteiger partial charge in [0.2, 0.25) is 11.8 Å². The van der Waals surface area contributed by atoms with E-state index in [0.717, 1.165) is 18.2 Å². The van der Waals surface area contributed by atoms with Crippen molar-refractivity contribution in [3.05, 3.63) is 58.7 Å². The molecule has 130 valence electrons. The molecule has 2 amide bonds. The number of benzene rings is 1.